The Balaban J connectivity index is 1.40. The molecule has 2 N–H and O–H groups in total. The van der Waals surface area contributed by atoms with E-state index in [-0.39, 0.29) is 41.9 Å². The van der Waals surface area contributed by atoms with Crippen LogP contribution in [0, 0.1) is 5.41 Å². The van der Waals surface area contributed by atoms with E-state index >= 15 is 0 Å². The topological polar surface area (TPSA) is 96.7 Å². The quantitative estimate of drug-likeness (QED) is 0.722. The fourth-order valence-electron chi connectivity index (χ4n) is 4.24. The molecule has 1 aromatic rings. The van der Waals surface area contributed by atoms with Crippen LogP contribution in [0.5, 0.6) is 0 Å². The summed E-state index contributed by atoms with van der Waals surface area (Å²) in [5.74, 6) is 0.298. The van der Waals surface area contributed by atoms with Gasteiger partial charge >= 0.3 is 0 Å². The monoisotopic (exact) mass is 390 g/mol. The Bertz CT molecular complexity index is 738. The van der Waals surface area contributed by atoms with E-state index in [4.69, 9.17) is 4.74 Å². The van der Waals surface area contributed by atoms with E-state index in [1.807, 2.05) is 22.6 Å². The van der Waals surface area contributed by atoms with E-state index in [0.29, 0.717) is 32.1 Å². The van der Waals surface area contributed by atoms with E-state index in [2.05, 4.69) is 10.3 Å². The maximum Gasteiger partial charge on any atom is 0.290 e. The lowest BCUT2D eigenvalue weighted by Gasteiger charge is -2.54. The van der Waals surface area contributed by atoms with Crippen molar-refractivity contribution in [3.05, 3.63) is 18.2 Å². The molecule has 154 valence electrons. The number of amides is 2. The molecule has 4 rings (SSSR count). The number of carbonyl (C=O) groups is 2. The Morgan fingerprint density at radius 1 is 1.36 bits per heavy atom. The molecule has 2 amide bonds. The smallest absolute Gasteiger partial charge is 0.290 e. The van der Waals surface area contributed by atoms with Crippen molar-refractivity contribution in [3.8, 4) is 0 Å². The molecule has 0 aromatic carbocycles. The zero-order valence-electron chi connectivity index (χ0n) is 16.5. The van der Waals surface area contributed by atoms with Crippen LogP contribution in [0.2, 0.25) is 0 Å². The van der Waals surface area contributed by atoms with Crippen LogP contribution in [0.1, 0.15) is 56.1 Å². The van der Waals surface area contributed by atoms with E-state index in [9.17, 15) is 14.7 Å². The number of nitrogens with zero attached hydrogens (tertiary/aromatic N) is 3. The summed E-state index contributed by atoms with van der Waals surface area (Å²) in [6.07, 6.45) is 8.26. The predicted octanol–water partition coefficient (Wildman–Crippen LogP) is 0.946. The van der Waals surface area contributed by atoms with Crippen LogP contribution in [0.15, 0.2) is 12.4 Å². The number of hydrogen-bond donors (Lipinski definition) is 2. The Labute approximate surface area is 165 Å². The zero-order valence-corrected chi connectivity index (χ0v) is 16.5. The molecule has 3 fully saturated rings. The van der Waals surface area contributed by atoms with Crippen molar-refractivity contribution in [1.29, 1.82) is 0 Å². The summed E-state index contributed by atoms with van der Waals surface area (Å²) in [5.41, 5.74) is -0.359. The molecule has 0 radical (unpaired) electrons. The molecule has 1 aromatic heterocycles. The summed E-state index contributed by atoms with van der Waals surface area (Å²) in [5, 5.41) is 12.3. The Morgan fingerprint density at radius 2 is 2.14 bits per heavy atom. The van der Waals surface area contributed by atoms with E-state index in [0.717, 1.165) is 32.1 Å². The zero-order chi connectivity index (χ0) is 19.8. The average molecular weight is 390 g/mol. The van der Waals surface area contributed by atoms with Crippen molar-refractivity contribution in [2.75, 3.05) is 26.3 Å². The van der Waals surface area contributed by atoms with Gasteiger partial charge in [0.2, 0.25) is 5.91 Å². The summed E-state index contributed by atoms with van der Waals surface area (Å²) in [6.45, 7) is 4.19. The lowest BCUT2D eigenvalue weighted by Crippen LogP contribution is -2.65. The second-order valence-electron chi connectivity index (χ2n) is 8.60. The summed E-state index contributed by atoms with van der Waals surface area (Å²) in [4.78, 5) is 31.8. The van der Waals surface area contributed by atoms with Crippen LogP contribution in [-0.4, -0.2) is 69.3 Å². The third-order valence-corrected chi connectivity index (χ3v) is 6.69. The molecular weight excluding hydrogens is 360 g/mol. The first-order valence-corrected chi connectivity index (χ1v) is 10.3. The highest BCUT2D eigenvalue weighted by atomic mass is 16.5. The number of imidazole rings is 1. The Hall–Kier alpha value is -1.93. The molecular formula is C20H30N4O4. The van der Waals surface area contributed by atoms with Gasteiger partial charge < -0.3 is 24.6 Å². The number of rotatable bonds is 7. The van der Waals surface area contributed by atoms with Gasteiger partial charge in [-0.2, -0.15) is 0 Å². The first-order chi connectivity index (χ1) is 13.5. The van der Waals surface area contributed by atoms with Crippen molar-refractivity contribution in [2.24, 2.45) is 5.41 Å². The van der Waals surface area contributed by atoms with E-state index in [1.54, 1.807) is 6.20 Å². The molecule has 8 heteroatoms. The minimum Gasteiger partial charge on any atom is -0.396 e. The van der Waals surface area contributed by atoms with Gasteiger partial charge in [0, 0.05) is 37.4 Å². The molecule has 2 aliphatic carbocycles. The molecule has 1 atom stereocenters. The van der Waals surface area contributed by atoms with Crippen LogP contribution in [-0.2, 0) is 16.1 Å². The van der Waals surface area contributed by atoms with Crippen molar-refractivity contribution < 1.29 is 19.4 Å². The van der Waals surface area contributed by atoms with E-state index < -0.39 is 0 Å². The lowest BCUT2D eigenvalue weighted by molar-refractivity contribution is -0.141. The number of aliphatic hydroxyl groups is 1. The van der Waals surface area contributed by atoms with Crippen molar-refractivity contribution >= 4 is 11.8 Å². The number of nitrogens with one attached hydrogen (secondary N) is 1. The second kappa shape index (κ2) is 7.48. The van der Waals surface area contributed by atoms with Gasteiger partial charge in [0.1, 0.15) is 0 Å². The van der Waals surface area contributed by atoms with Gasteiger partial charge in [-0.1, -0.05) is 0 Å². The molecule has 28 heavy (non-hydrogen) atoms. The van der Waals surface area contributed by atoms with Crippen LogP contribution in [0.25, 0.3) is 0 Å². The SMILES string of the molecule is CCn1ccnc1C(=O)N1CC(CC(=O)NCC2(CO)CC2)OCC12CCC2. The minimum atomic E-state index is -0.315. The van der Waals surface area contributed by atoms with Gasteiger partial charge in [-0.15, -0.1) is 0 Å². The van der Waals surface area contributed by atoms with Crippen molar-refractivity contribution in [3.63, 3.8) is 0 Å². The molecule has 2 heterocycles. The maximum absolute atomic E-state index is 13.2. The average Bonchev–Trinajstić information content (AvgIpc) is 3.31. The van der Waals surface area contributed by atoms with Gasteiger partial charge in [0.05, 0.1) is 31.3 Å². The van der Waals surface area contributed by atoms with Crippen LogP contribution >= 0.6 is 0 Å². The molecule has 2 saturated carbocycles. The molecule has 1 aliphatic heterocycles. The number of aromatic nitrogens is 2. The van der Waals surface area contributed by atoms with Crippen molar-refractivity contribution in [2.45, 2.75) is 63.6 Å². The molecule has 3 aliphatic rings. The van der Waals surface area contributed by atoms with E-state index in [1.165, 1.54) is 0 Å². The highest BCUT2D eigenvalue weighted by Crippen LogP contribution is 2.44. The third-order valence-electron chi connectivity index (χ3n) is 6.69. The summed E-state index contributed by atoms with van der Waals surface area (Å²) in [6, 6.07) is 0. The minimum absolute atomic E-state index is 0.0718. The molecule has 1 saturated heterocycles. The van der Waals surface area contributed by atoms with Gasteiger partial charge in [-0.25, -0.2) is 4.98 Å². The normalized spacial score (nSPS) is 24.6. The summed E-state index contributed by atoms with van der Waals surface area (Å²) < 4.78 is 7.86. The fourth-order valence-corrected chi connectivity index (χ4v) is 4.24. The predicted molar refractivity (Wildman–Crippen MR) is 102 cm³/mol. The van der Waals surface area contributed by atoms with Crippen LogP contribution in [0.3, 0.4) is 0 Å². The Morgan fingerprint density at radius 3 is 2.75 bits per heavy atom. The third kappa shape index (κ3) is 3.55. The standard InChI is InChI=1S/C20H30N4O4/c1-2-23-9-8-21-17(23)18(27)24-11-15(28-14-20(24)4-3-5-20)10-16(26)22-12-19(13-25)6-7-19/h8-9,15,25H,2-7,10-14H2,1H3,(H,22,26). The highest BCUT2D eigenvalue weighted by Gasteiger charge is 2.50. The molecule has 0 bridgehead atoms. The number of ether oxygens (including phenoxy) is 1. The largest absolute Gasteiger partial charge is 0.396 e. The van der Waals surface area contributed by atoms with Crippen LogP contribution < -0.4 is 5.32 Å². The van der Waals surface area contributed by atoms with Gasteiger partial charge in [-0.3, -0.25) is 9.59 Å². The van der Waals surface area contributed by atoms with Gasteiger partial charge in [0.25, 0.3) is 5.91 Å². The van der Waals surface area contributed by atoms with Gasteiger partial charge in [0.15, 0.2) is 5.82 Å². The number of aryl methyl sites for hydroxylation is 1. The number of morpholine rings is 1. The van der Waals surface area contributed by atoms with Crippen molar-refractivity contribution in [1.82, 2.24) is 19.8 Å². The number of hydrogen-bond acceptors (Lipinski definition) is 5. The van der Waals surface area contributed by atoms with Gasteiger partial charge in [-0.05, 0) is 39.0 Å². The fraction of sp³-hybridized carbons (Fsp3) is 0.750. The summed E-state index contributed by atoms with van der Waals surface area (Å²) in [7, 11) is 0. The highest BCUT2D eigenvalue weighted by molar-refractivity contribution is 5.91. The number of carbonyl (C=O) groups excluding carboxylic acids is 2. The molecule has 1 unspecified atom stereocenters. The molecule has 8 nitrogen and oxygen atoms in total. The maximum atomic E-state index is 13.2. The summed E-state index contributed by atoms with van der Waals surface area (Å²) >= 11 is 0. The number of aliphatic hydroxyl groups excluding tert-OH is 1. The Kier molecular flexibility index (Phi) is 5.18. The first-order valence-electron chi connectivity index (χ1n) is 10.3. The first kappa shape index (κ1) is 19.4. The second-order valence-corrected chi connectivity index (χ2v) is 8.60. The van der Waals surface area contributed by atoms with Crippen LogP contribution in [0.4, 0.5) is 0 Å². The lowest BCUT2D eigenvalue weighted by atomic mass is 9.74. The molecule has 1 spiro atoms.